The summed E-state index contributed by atoms with van der Waals surface area (Å²) in [7, 11) is -4.74. The number of esters is 2. The minimum atomic E-state index is -4.74. The number of phosphoric ester groups is 1. The second-order valence-electron chi connectivity index (χ2n) is 14.3. The Bertz CT molecular complexity index is 771. The second kappa shape index (κ2) is 36.8. The number of ether oxygens (including phenoxy) is 2. The van der Waals surface area contributed by atoms with Crippen molar-refractivity contribution in [3.63, 3.8) is 0 Å². The van der Waals surface area contributed by atoms with Crippen LogP contribution in [0.15, 0.2) is 0 Å². The molecular weight excluding hydrogens is 639 g/mol. The van der Waals surface area contributed by atoms with Crippen LogP contribution in [0.4, 0.5) is 0 Å². The van der Waals surface area contributed by atoms with Crippen LogP contribution in [0.25, 0.3) is 0 Å². The third-order valence-corrected chi connectivity index (χ3v) is 9.86. The van der Waals surface area contributed by atoms with Gasteiger partial charge in [-0.15, -0.1) is 0 Å². The van der Waals surface area contributed by atoms with E-state index < -0.39 is 32.5 Å². The maximum Gasteiger partial charge on any atom is 0.469 e. The molecule has 0 rings (SSSR count). The number of carbonyl (C=O) groups excluding carboxylic acids is 2. The predicted octanol–water partition coefficient (Wildman–Crippen LogP) is 12.5. The minimum Gasteiger partial charge on any atom is -0.462 e. The average Bonchev–Trinajstić information content (AvgIpc) is 3.07. The van der Waals surface area contributed by atoms with Crippen LogP contribution >= 0.6 is 7.82 Å². The minimum absolute atomic E-state index is 0.220. The molecule has 0 aliphatic heterocycles. The molecule has 9 heteroatoms. The Hall–Kier alpha value is -0.950. The molecule has 0 aromatic heterocycles. The summed E-state index contributed by atoms with van der Waals surface area (Å²) in [5.74, 6) is -0.868. The highest BCUT2D eigenvalue weighted by Crippen LogP contribution is 2.36. The van der Waals surface area contributed by atoms with Gasteiger partial charge in [-0.2, -0.15) is 0 Å². The van der Waals surface area contributed by atoms with Crippen molar-refractivity contribution in [2.45, 2.75) is 232 Å². The highest BCUT2D eigenvalue weighted by Gasteiger charge is 2.22. The van der Waals surface area contributed by atoms with E-state index in [4.69, 9.17) is 19.3 Å². The molecule has 1 atom stereocenters. The Balaban J connectivity index is 3.87. The first-order chi connectivity index (χ1) is 23.8. The summed E-state index contributed by atoms with van der Waals surface area (Å²) >= 11 is 0. The SMILES string of the molecule is CCCCCCCCCCCCCCCCCCC(=O)O[C@H](COC(=O)CCCCCCCCCCCCCCCCC)COP(=O)(O)O. The number of rotatable bonds is 39. The Kier molecular flexibility index (Phi) is 36.1. The van der Waals surface area contributed by atoms with Gasteiger partial charge in [0, 0.05) is 12.8 Å². The van der Waals surface area contributed by atoms with Crippen molar-refractivity contribution in [2.24, 2.45) is 0 Å². The van der Waals surface area contributed by atoms with Crippen LogP contribution in [0.5, 0.6) is 0 Å². The zero-order valence-corrected chi connectivity index (χ0v) is 33.0. The van der Waals surface area contributed by atoms with Crippen molar-refractivity contribution in [2.75, 3.05) is 13.2 Å². The molecule has 292 valence electrons. The molecule has 0 spiro atoms. The summed E-state index contributed by atoms with van der Waals surface area (Å²) in [6, 6.07) is 0. The molecule has 0 aliphatic rings. The number of carbonyl (C=O) groups is 2. The number of hydrogen-bond acceptors (Lipinski definition) is 6. The Labute approximate surface area is 302 Å². The van der Waals surface area contributed by atoms with Gasteiger partial charge in [-0.3, -0.25) is 14.1 Å². The van der Waals surface area contributed by atoms with Gasteiger partial charge < -0.3 is 19.3 Å². The Morgan fingerprint density at radius 3 is 1.04 bits per heavy atom. The van der Waals surface area contributed by atoms with Crippen LogP contribution in [-0.2, 0) is 28.2 Å². The Morgan fingerprint density at radius 1 is 0.449 bits per heavy atom. The monoisotopic (exact) mass is 719 g/mol. The van der Waals surface area contributed by atoms with Gasteiger partial charge in [0.15, 0.2) is 6.10 Å². The van der Waals surface area contributed by atoms with Crippen LogP contribution in [0.3, 0.4) is 0 Å². The van der Waals surface area contributed by atoms with Crippen LogP contribution in [-0.4, -0.2) is 41.0 Å². The first-order valence-electron chi connectivity index (χ1n) is 20.8. The summed E-state index contributed by atoms with van der Waals surface area (Å²) in [6.07, 6.45) is 38.2. The lowest BCUT2D eigenvalue weighted by molar-refractivity contribution is -0.161. The highest BCUT2D eigenvalue weighted by atomic mass is 31.2. The number of phosphoric acid groups is 1. The molecule has 0 heterocycles. The van der Waals surface area contributed by atoms with Gasteiger partial charge in [0.05, 0.1) is 6.61 Å². The summed E-state index contributed by atoms with van der Waals surface area (Å²) in [5, 5.41) is 0. The largest absolute Gasteiger partial charge is 0.469 e. The fraction of sp³-hybridized carbons (Fsp3) is 0.950. The van der Waals surface area contributed by atoms with Crippen LogP contribution in [0.2, 0.25) is 0 Å². The smallest absolute Gasteiger partial charge is 0.462 e. The van der Waals surface area contributed by atoms with Crippen LogP contribution in [0, 0.1) is 0 Å². The molecule has 2 N–H and O–H groups in total. The first-order valence-corrected chi connectivity index (χ1v) is 22.4. The zero-order chi connectivity index (χ0) is 36.1. The van der Waals surface area contributed by atoms with E-state index in [1.54, 1.807) is 0 Å². The van der Waals surface area contributed by atoms with E-state index in [2.05, 4.69) is 18.4 Å². The van der Waals surface area contributed by atoms with Crippen molar-refractivity contribution in [3.8, 4) is 0 Å². The number of unbranched alkanes of at least 4 members (excludes halogenated alkanes) is 29. The average molecular weight is 719 g/mol. The van der Waals surface area contributed by atoms with Crippen molar-refractivity contribution >= 4 is 19.8 Å². The third kappa shape index (κ3) is 39.7. The lowest BCUT2D eigenvalue weighted by atomic mass is 10.0. The van der Waals surface area contributed by atoms with E-state index in [0.717, 1.165) is 32.1 Å². The second-order valence-corrected chi connectivity index (χ2v) is 15.6. The van der Waals surface area contributed by atoms with Crippen molar-refractivity contribution in [3.05, 3.63) is 0 Å². The summed E-state index contributed by atoms with van der Waals surface area (Å²) in [5.41, 5.74) is 0. The summed E-state index contributed by atoms with van der Waals surface area (Å²) in [6.45, 7) is 3.71. The maximum absolute atomic E-state index is 12.4. The van der Waals surface area contributed by atoms with Gasteiger partial charge in [-0.05, 0) is 12.8 Å². The summed E-state index contributed by atoms with van der Waals surface area (Å²) < 4.78 is 26.4. The van der Waals surface area contributed by atoms with Crippen molar-refractivity contribution < 1.29 is 37.9 Å². The van der Waals surface area contributed by atoms with Crippen molar-refractivity contribution in [1.29, 1.82) is 0 Å². The summed E-state index contributed by atoms with van der Waals surface area (Å²) in [4.78, 5) is 42.8. The first kappa shape index (κ1) is 48.0. The van der Waals surface area contributed by atoms with E-state index in [0.29, 0.717) is 6.42 Å². The maximum atomic E-state index is 12.4. The molecule has 0 aromatic rings. The third-order valence-electron chi connectivity index (χ3n) is 9.38. The molecule has 0 aliphatic carbocycles. The normalized spacial score (nSPS) is 12.3. The molecule has 49 heavy (non-hydrogen) atoms. The molecule has 0 saturated heterocycles. The molecular formula is C40H79O8P. The standard InChI is InChI=1S/C40H79O8P/c1-3-5-7-9-11-13-15-17-19-21-23-25-27-29-31-33-35-40(42)48-38(37-47-49(43,44)45)36-46-39(41)34-32-30-28-26-24-22-20-18-16-14-12-10-8-6-4-2/h38H,3-37H2,1-2H3,(H2,43,44,45)/t38-/m1/s1. The van der Waals surface area contributed by atoms with Gasteiger partial charge in [0.2, 0.25) is 0 Å². The van der Waals surface area contributed by atoms with E-state index in [9.17, 15) is 14.2 Å². The molecule has 0 radical (unpaired) electrons. The van der Waals surface area contributed by atoms with E-state index >= 15 is 0 Å². The topological polar surface area (TPSA) is 119 Å². The molecule has 0 unspecified atom stereocenters. The molecule has 0 amide bonds. The quantitative estimate of drug-likeness (QED) is 0.0366. The van der Waals surface area contributed by atoms with Gasteiger partial charge in [0.25, 0.3) is 0 Å². The van der Waals surface area contributed by atoms with Gasteiger partial charge >= 0.3 is 19.8 Å². The lowest BCUT2D eigenvalue weighted by Gasteiger charge is -2.18. The van der Waals surface area contributed by atoms with Gasteiger partial charge in [0.1, 0.15) is 6.61 Å². The highest BCUT2D eigenvalue weighted by molar-refractivity contribution is 7.46. The molecule has 8 nitrogen and oxygen atoms in total. The molecule has 0 fully saturated rings. The van der Waals surface area contributed by atoms with E-state index in [1.165, 1.54) is 161 Å². The zero-order valence-electron chi connectivity index (χ0n) is 32.1. The van der Waals surface area contributed by atoms with Gasteiger partial charge in [-0.1, -0.05) is 200 Å². The lowest BCUT2D eigenvalue weighted by Crippen LogP contribution is -2.29. The fourth-order valence-electron chi connectivity index (χ4n) is 6.26. The van der Waals surface area contributed by atoms with E-state index in [-0.39, 0.29) is 19.4 Å². The van der Waals surface area contributed by atoms with Crippen molar-refractivity contribution in [1.82, 2.24) is 0 Å². The molecule has 0 bridgehead atoms. The predicted molar refractivity (Wildman–Crippen MR) is 203 cm³/mol. The Morgan fingerprint density at radius 2 is 0.735 bits per heavy atom. The van der Waals surface area contributed by atoms with Crippen LogP contribution in [0.1, 0.15) is 226 Å². The fourth-order valence-corrected chi connectivity index (χ4v) is 6.62. The van der Waals surface area contributed by atoms with Crippen LogP contribution < -0.4 is 0 Å². The molecule has 0 saturated carbocycles. The number of hydrogen-bond donors (Lipinski definition) is 2. The van der Waals surface area contributed by atoms with Gasteiger partial charge in [-0.25, -0.2) is 4.57 Å². The van der Waals surface area contributed by atoms with E-state index in [1.807, 2.05) is 0 Å². The molecule has 0 aromatic carbocycles.